The molecule has 0 spiro atoms. The molecule has 6 heteroatoms. The minimum absolute atomic E-state index is 0.0341. The lowest BCUT2D eigenvalue weighted by Crippen LogP contribution is -2.25. The Labute approximate surface area is 125 Å². The summed E-state index contributed by atoms with van der Waals surface area (Å²) in [6, 6.07) is 9.76. The zero-order valence-corrected chi connectivity index (χ0v) is 11.7. The fourth-order valence-electron chi connectivity index (χ4n) is 2.10. The minimum atomic E-state index is -0.392. The molecule has 1 aliphatic heterocycles. The van der Waals surface area contributed by atoms with Crippen molar-refractivity contribution in [3.8, 4) is 5.75 Å². The van der Waals surface area contributed by atoms with E-state index in [1.54, 1.807) is 12.1 Å². The fraction of sp³-hybridized carbons (Fsp3) is 0.133. The van der Waals surface area contributed by atoms with Crippen molar-refractivity contribution >= 4 is 28.9 Å². The first-order chi connectivity index (χ1) is 10.1. The largest absolute Gasteiger partial charge is 0.482 e. The van der Waals surface area contributed by atoms with Gasteiger partial charge in [0.2, 0.25) is 0 Å². The summed E-state index contributed by atoms with van der Waals surface area (Å²) >= 11 is 5.80. The van der Waals surface area contributed by atoms with E-state index in [0.717, 1.165) is 5.56 Å². The molecule has 108 valence electrons. The Kier molecular flexibility index (Phi) is 3.66. The van der Waals surface area contributed by atoms with Crippen LogP contribution in [0.3, 0.4) is 0 Å². The van der Waals surface area contributed by atoms with Gasteiger partial charge in [-0.15, -0.1) is 0 Å². The maximum Gasteiger partial charge on any atom is 0.262 e. The van der Waals surface area contributed by atoms with Gasteiger partial charge in [-0.25, -0.2) is 4.39 Å². The van der Waals surface area contributed by atoms with Crippen molar-refractivity contribution in [1.82, 2.24) is 0 Å². The lowest BCUT2D eigenvalue weighted by Gasteiger charge is -2.18. The number of anilines is 2. The van der Waals surface area contributed by atoms with Gasteiger partial charge in [-0.2, -0.15) is 0 Å². The number of carbonyl (C=O) groups excluding carboxylic acids is 1. The van der Waals surface area contributed by atoms with Gasteiger partial charge in [-0.3, -0.25) is 4.79 Å². The van der Waals surface area contributed by atoms with Crippen molar-refractivity contribution in [2.45, 2.75) is 6.54 Å². The standard InChI is InChI=1S/C15H12ClFN2O2/c16-10-4-11(17)6-12(5-10)18-7-9-1-2-14-13(3-9)19-15(20)8-21-14/h1-6,18H,7-8H2,(H,19,20). The van der Waals surface area contributed by atoms with Crippen LogP contribution >= 0.6 is 11.6 Å². The highest BCUT2D eigenvalue weighted by Gasteiger charge is 2.15. The van der Waals surface area contributed by atoms with Gasteiger partial charge in [0.05, 0.1) is 5.69 Å². The first-order valence-corrected chi connectivity index (χ1v) is 6.73. The Morgan fingerprint density at radius 3 is 2.95 bits per heavy atom. The van der Waals surface area contributed by atoms with Crippen molar-refractivity contribution in [3.63, 3.8) is 0 Å². The van der Waals surface area contributed by atoms with Gasteiger partial charge in [0, 0.05) is 17.3 Å². The number of hydrogen-bond acceptors (Lipinski definition) is 3. The summed E-state index contributed by atoms with van der Waals surface area (Å²) in [5, 5.41) is 6.16. The molecular formula is C15H12ClFN2O2. The summed E-state index contributed by atoms with van der Waals surface area (Å²) in [6.45, 7) is 0.509. The van der Waals surface area contributed by atoms with E-state index in [-0.39, 0.29) is 12.5 Å². The molecule has 0 atom stereocenters. The average Bonchev–Trinajstić information content (AvgIpc) is 2.43. The minimum Gasteiger partial charge on any atom is -0.482 e. The second kappa shape index (κ2) is 5.61. The number of ether oxygens (including phenoxy) is 1. The third-order valence-electron chi connectivity index (χ3n) is 3.04. The van der Waals surface area contributed by atoms with Gasteiger partial charge in [0.1, 0.15) is 11.6 Å². The van der Waals surface area contributed by atoms with Gasteiger partial charge >= 0.3 is 0 Å². The normalized spacial score (nSPS) is 13.1. The number of fused-ring (bicyclic) bond motifs is 1. The maximum atomic E-state index is 13.2. The molecule has 0 fully saturated rings. The number of nitrogens with one attached hydrogen (secondary N) is 2. The van der Waals surface area contributed by atoms with E-state index >= 15 is 0 Å². The molecule has 1 heterocycles. The van der Waals surface area contributed by atoms with Crippen LogP contribution in [0.25, 0.3) is 0 Å². The first kappa shape index (κ1) is 13.7. The molecule has 0 aromatic heterocycles. The van der Waals surface area contributed by atoms with Crippen LogP contribution in [-0.2, 0) is 11.3 Å². The Balaban J connectivity index is 1.73. The zero-order valence-electron chi connectivity index (χ0n) is 11.0. The van der Waals surface area contributed by atoms with Crippen LogP contribution in [-0.4, -0.2) is 12.5 Å². The highest BCUT2D eigenvalue weighted by molar-refractivity contribution is 6.30. The summed E-state index contributed by atoms with van der Waals surface area (Å²) < 4.78 is 18.5. The smallest absolute Gasteiger partial charge is 0.262 e. The van der Waals surface area contributed by atoms with Crippen LogP contribution in [0.1, 0.15) is 5.56 Å². The molecular weight excluding hydrogens is 295 g/mol. The summed E-state index contributed by atoms with van der Waals surface area (Å²) in [6.07, 6.45) is 0. The number of rotatable bonds is 3. The monoisotopic (exact) mass is 306 g/mol. The maximum absolute atomic E-state index is 13.2. The molecule has 0 unspecified atom stereocenters. The molecule has 2 aromatic carbocycles. The third-order valence-corrected chi connectivity index (χ3v) is 3.25. The lowest BCUT2D eigenvalue weighted by atomic mass is 10.1. The number of halogens is 2. The Bertz CT molecular complexity index is 686. The van der Waals surface area contributed by atoms with E-state index in [4.69, 9.17) is 16.3 Å². The predicted molar refractivity (Wildman–Crippen MR) is 79.3 cm³/mol. The van der Waals surface area contributed by atoms with E-state index in [1.807, 2.05) is 12.1 Å². The van der Waals surface area contributed by atoms with Crippen molar-refractivity contribution in [2.75, 3.05) is 17.2 Å². The average molecular weight is 307 g/mol. The molecule has 0 aliphatic carbocycles. The number of hydrogen-bond donors (Lipinski definition) is 2. The van der Waals surface area contributed by atoms with Crippen molar-refractivity contribution in [3.05, 3.63) is 52.8 Å². The third kappa shape index (κ3) is 3.25. The molecule has 0 bridgehead atoms. The van der Waals surface area contributed by atoms with E-state index in [2.05, 4.69) is 10.6 Å². The van der Waals surface area contributed by atoms with E-state index < -0.39 is 5.82 Å². The quantitative estimate of drug-likeness (QED) is 0.913. The van der Waals surface area contributed by atoms with Crippen LogP contribution in [0.5, 0.6) is 5.75 Å². The zero-order chi connectivity index (χ0) is 14.8. The Hall–Kier alpha value is -2.27. The molecule has 1 amide bonds. The highest BCUT2D eigenvalue weighted by atomic mass is 35.5. The van der Waals surface area contributed by atoms with Gasteiger partial charge in [-0.1, -0.05) is 17.7 Å². The Morgan fingerprint density at radius 2 is 2.14 bits per heavy atom. The molecule has 0 saturated carbocycles. The van der Waals surface area contributed by atoms with Gasteiger partial charge in [-0.05, 0) is 35.9 Å². The van der Waals surface area contributed by atoms with Crippen molar-refractivity contribution < 1.29 is 13.9 Å². The van der Waals surface area contributed by atoms with E-state index in [0.29, 0.717) is 28.7 Å². The summed E-state index contributed by atoms with van der Waals surface area (Å²) in [4.78, 5) is 11.3. The number of amides is 1. The first-order valence-electron chi connectivity index (χ1n) is 6.36. The van der Waals surface area contributed by atoms with Crippen LogP contribution in [0.4, 0.5) is 15.8 Å². The van der Waals surface area contributed by atoms with Gasteiger partial charge in [0.25, 0.3) is 5.91 Å². The molecule has 1 aliphatic rings. The van der Waals surface area contributed by atoms with E-state index in [9.17, 15) is 9.18 Å². The molecule has 4 nitrogen and oxygen atoms in total. The molecule has 3 rings (SSSR count). The second-order valence-corrected chi connectivity index (χ2v) is 5.12. The Morgan fingerprint density at radius 1 is 1.29 bits per heavy atom. The van der Waals surface area contributed by atoms with E-state index in [1.165, 1.54) is 12.1 Å². The molecule has 2 N–H and O–H groups in total. The van der Waals surface area contributed by atoms with Gasteiger partial charge < -0.3 is 15.4 Å². The van der Waals surface area contributed by atoms with Crippen molar-refractivity contribution in [2.24, 2.45) is 0 Å². The fourth-order valence-corrected chi connectivity index (χ4v) is 2.32. The van der Waals surface area contributed by atoms with Crippen LogP contribution in [0.15, 0.2) is 36.4 Å². The molecule has 0 radical (unpaired) electrons. The van der Waals surface area contributed by atoms with Gasteiger partial charge in [0.15, 0.2) is 6.61 Å². The van der Waals surface area contributed by atoms with Crippen LogP contribution in [0.2, 0.25) is 5.02 Å². The lowest BCUT2D eigenvalue weighted by molar-refractivity contribution is -0.118. The molecule has 0 saturated heterocycles. The summed E-state index contributed by atoms with van der Waals surface area (Å²) in [5.74, 6) is 0.0766. The number of carbonyl (C=O) groups is 1. The predicted octanol–water partition coefficient (Wildman–Crippen LogP) is 3.42. The topological polar surface area (TPSA) is 50.4 Å². The summed E-state index contributed by atoms with van der Waals surface area (Å²) in [5.41, 5.74) is 2.17. The number of benzene rings is 2. The SMILES string of the molecule is O=C1COc2ccc(CNc3cc(F)cc(Cl)c3)cc2N1. The summed E-state index contributed by atoms with van der Waals surface area (Å²) in [7, 11) is 0. The molecule has 2 aromatic rings. The molecule has 21 heavy (non-hydrogen) atoms. The second-order valence-electron chi connectivity index (χ2n) is 4.68. The van der Waals surface area contributed by atoms with Crippen LogP contribution in [0, 0.1) is 5.82 Å². The van der Waals surface area contributed by atoms with Crippen molar-refractivity contribution in [1.29, 1.82) is 0 Å². The van der Waals surface area contributed by atoms with Crippen LogP contribution < -0.4 is 15.4 Å². The highest BCUT2D eigenvalue weighted by Crippen LogP contribution is 2.28.